The number of hydrogen-bond donors (Lipinski definition) is 1. The molecule has 0 spiro atoms. The summed E-state index contributed by atoms with van der Waals surface area (Å²) in [5, 5.41) is 3.52. The second-order valence-corrected chi connectivity index (χ2v) is 11.5. The molecule has 1 N–H and O–H groups in total. The summed E-state index contributed by atoms with van der Waals surface area (Å²) in [6.45, 7) is 8.76. The van der Waals surface area contributed by atoms with Crippen LogP contribution in [0.1, 0.15) is 49.7 Å². The average Bonchev–Trinajstić information content (AvgIpc) is 3.40. The van der Waals surface area contributed by atoms with E-state index in [-0.39, 0.29) is 17.9 Å². The summed E-state index contributed by atoms with van der Waals surface area (Å²) in [6, 6.07) is 5.21. The Labute approximate surface area is 209 Å². The summed E-state index contributed by atoms with van der Waals surface area (Å²) in [5.41, 5.74) is 2.60. The minimum atomic E-state index is -0.536. The molecule has 1 saturated heterocycles. The van der Waals surface area contributed by atoms with Gasteiger partial charge in [-0.15, -0.1) is 0 Å². The van der Waals surface area contributed by atoms with Crippen LogP contribution in [-0.2, 0) is 24.1 Å². The maximum atomic E-state index is 13.8. The lowest BCUT2D eigenvalue weighted by Gasteiger charge is -2.38. The summed E-state index contributed by atoms with van der Waals surface area (Å²) in [7, 11) is 0. The number of likely N-dealkylation sites (tertiary alicyclic amines) is 1. The minimum Gasteiger partial charge on any atom is -0.444 e. The third kappa shape index (κ3) is 5.22. The van der Waals surface area contributed by atoms with Gasteiger partial charge in [0.1, 0.15) is 11.4 Å². The molecule has 0 unspecified atom stereocenters. The molecule has 35 heavy (non-hydrogen) atoms. The van der Waals surface area contributed by atoms with E-state index < -0.39 is 5.60 Å². The maximum Gasteiger partial charge on any atom is 0.410 e. The van der Waals surface area contributed by atoms with E-state index in [1.165, 1.54) is 23.0 Å². The Hall–Kier alpha value is -2.88. The van der Waals surface area contributed by atoms with Crippen molar-refractivity contribution in [1.29, 1.82) is 0 Å². The molecule has 0 radical (unpaired) electrons. The van der Waals surface area contributed by atoms with Crippen LogP contribution in [0, 0.1) is 5.82 Å². The molecule has 0 aliphatic carbocycles. The molecule has 3 aliphatic heterocycles. The number of hydrogen-bond acceptors (Lipinski definition) is 6. The molecule has 1 aromatic carbocycles. The van der Waals surface area contributed by atoms with Crippen LogP contribution < -0.4 is 10.2 Å². The van der Waals surface area contributed by atoms with Gasteiger partial charge in [0.05, 0.1) is 12.2 Å². The van der Waals surface area contributed by atoms with Gasteiger partial charge in [0, 0.05) is 49.2 Å². The van der Waals surface area contributed by atoms with Crippen LogP contribution in [0.3, 0.4) is 0 Å². The third-order valence-corrected chi connectivity index (χ3v) is 7.77. The van der Waals surface area contributed by atoms with E-state index in [0.717, 1.165) is 42.1 Å². The Morgan fingerprint density at radius 2 is 1.89 bits per heavy atom. The molecule has 3 aliphatic rings. The van der Waals surface area contributed by atoms with Crippen LogP contribution in [0.4, 0.5) is 24.8 Å². The second-order valence-electron chi connectivity index (χ2n) is 10.4. The molecule has 3 amide bonds. The molecular weight excluding hydrogens is 469 g/mol. The summed E-state index contributed by atoms with van der Waals surface area (Å²) >= 11 is 1.42. The van der Waals surface area contributed by atoms with E-state index in [9.17, 15) is 14.0 Å². The van der Waals surface area contributed by atoms with Gasteiger partial charge in [0.2, 0.25) is 0 Å². The van der Waals surface area contributed by atoms with E-state index in [2.05, 4.69) is 15.2 Å². The lowest BCUT2D eigenvalue weighted by molar-refractivity contribution is 0.0225. The smallest absolute Gasteiger partial charge is 0.410 e. The van der Waals surface area contributed by atoms with Crippen LogP contribution in [0.2, 0.25) is 0 Å². The predicted octanol–water partition coefficient (Wildman–Crippen LogP) is 4.63. The van der Waals surface area contributed by atoms with Crippen LogP contribution in [-0.4, -0.2) is 64.7 Å². The monoisotopic (exact) mass is 501 g/mol. The van der Waals surface area contributed by atoms with Crippen molar-refractivity contribution in [2.24, 2.45) is 0 Å². The zero-order valence-electron chi connectivity index (χ0n) is 20.5. The van der Waals surface area contributed by atoms with Crippen LogP contribution >= 0.6 is 11.3 Å². The van der Waals surface area contributed by atoms with Gasteiger partial charge < -0.3 is 19.4 Å². The van der Waals surface area contributed by atoms with Crippen molar-refractivity contribution >= 4 is 34.3 Å². The Bertz CT molecular complexity index is 1120. The molecular formula is C25H32FN5O3S. The number of urea groups is 1. The largest absolute Gasteiger partial charge is 0.444 e. The first-order valence-corrected chi connectivity index (χ1v) is 13.1. The molecule has 0 saturated carbocycles. The zero-order valence-corrected chi connectivity index (χ0v) is 21.3. The summed E-state index contributed by atoms with van der Waals surface area (Å²) < 4.78 is 19.3. The molecule has 1 fully saturated rings. The number of carbonyl (C=O) groups excluding carboxylic acids is 2. The molecule has 1 aromatic heterocycles. The van der Waals surface area contributed by atoms with Gasteiger partial charge in [0.25, 0.3) is 0 Å². The predicted molar refractivity (Wildman–Crippen MR) is 134 cm³/mol. The topological polar surface area (TPSA) is 78.0 Å². The maximum absolute atomic E-state index is 13.8. The number of ether oxygens (including phenoxy) is 1. The van der Waals surface area contributed by atoms with E-state index in [1.807, 2.05) is 31.7 Å². The number of benzene rings is 1. The number of nitrogens with zero attached hydrogens (tertiary/aromatic N) is 4. The van der Waals surface area contributed by atoms with Gasteiger partial charge in [0.15, 0.2) is 5.13 Å². The first-order valence-electron chi connectivity index (χ1n) is 12.2. The highest BCUT2D eigenvalue weighted by Gasteiger charge is 2.32. The fourth-order valence-corrected chi connectivity index (χ4v) is 6.05. The number of nitrogens with one attached hydrogen (secondary N) is 1. The molecule has 0 bridgehead atoms. The molecule has 188 valence electrons. The van der Waals surface area contributed by atoms with Crippen LogP contribution in [0.15, 0.2) is 18.2 Å². The quantitative estimate of drug-likeness (QED) is 0.649. The second kappa shape index (κ2) is 9.29. The number of anilines is 2. The third-order valence-electron chi connectivity index (χ3n) is 6.77. The van der Waals surface area contributed by atoms with Gasteiger partial charge in [-0.3, -0.25) is 5.32 Å². The molecule has 10 heteroatoms. The number of rotatable bonds is 2. The number of aromatic nitrogens is 1. The van der Waals surface area contributed by atoms with Gasteiger partial charge in [-0.1, -0.05) is 17.4 Å². The lowest BCUT2D eigenvalue weighted by Crippen LogP contribution is -2.47. The van der Waals surface area contributed by atoms with Crippen LogP contribution in [0.25, 0.3) is 0 Å². The SMILES string of the molecule is CC(C)(C)OC(=O)N1CCc2nc(NC(=O)N3CCC(N4CCc5ccc(F)cc54)CC3)sc2C1. The number of amides is 3. The van der Waals surface area contributed by atoms with Gasteiger partial charge >= 0.3 is 12.1 Å². The molecule has 4 heterocycles. The number of thiazole rings is 1. The van der Waals surface area contributed by atoms with Crippen molar-refractivity contribution in [3.05, 3.63) is 40.2 Å². The fraction of sp³-hybridized carbons (Fsp3) is 0.560. The summed E-state index contributed by atoms with van der Waals surface area (Å²) in [5.74, 6) is -0.201. The van der Waals surface area contributed by atoms with E-state index in [4.69, 9.17) is 4.74 Å². The van der Waals surface area contributed by atoms with E-state index in [1.54, 1.807) is 11.0 Å². The standard InChI is InChI=1S/C25H32FN5O3S/c1-25(2,3)34-24(33)30-12-9-19-21(15-30)35-22(27-19)28-23(32)29-10-7-18(8-11-29)31-13-6-16-4-5-17(26)14-20(16)31/h4-5,14,18H,6-13,15H2,1-3H3,(H,27,28,32). The summed E-state index contributed by atoms with van der Waals surface area (Å²) in [6.07, 6.45) is 2.96. The number of fused-ring (bicyclic) bond motifs is 2. The lowest BCUT2D eigenvalue weighted by atomic mass is 10.0. The van der Waals surface area contributed by atoms with Crippen molar-refractivity contribution in [3.8, 4) is 0 Å². The first kappa shape index (κ1) is 23.8. The van der Waals surface area contributed by atoms with Crippen molar-refractivity contribution in [2.45, 2.75) is 64.6 Å². The number of halogens is 1. The van der Waals surface area contributed by atoms with Gasteiger partial charge in [-0.2, -0.15) is 0 Å². The number of piperidine rings is 1. The molecule has 5 rings (SSSR count). The highest BCUT2D eigenvalue weighted by molar-refractivity contribution is 7.15. The average molecular weight is 502 g/mol. The zero-order chi connectivity index (χ0) is 24.7. The van der Waals surface area contributed by atoms with Gasteiger partial charge in [-0.05, 0) is 57.7 Å². The van der Waals surface area contributed by atoms with Crippen molar-refractivity contribution < 1.29 is 18.7 Å². The Morgan fingerprint density at radius 3 is 2.63 bits per heavy atom. The van der Waals surface area contributed by atoms with Crippen molar-refractivity contribution in [1.82, 2.24) is 14.8 Å². The Kier molecular flexibility index (Phi) is 6.33. The Morgan fingerprint density at radius 1 is 1.11 bits per heavy atom. The normalized spacial score (nSPS) is 18.3. The minimum absolute atomic E-state index is 0.147. The summed E-state index contributed by atoms with van der Waals surface area (Å²) in [4.78, 5) is 36.7. The van der Waals surface area contributed by atoms with Crippen LogP contribution in [0.5, 0.6) is 0 Å². The van der Waals surface area contributed by atoms with E-state index >= 15 is 0 Å². The van der Waals surface area contributed by atoms with Crippen molar-refractivity contribution in [2.75, 3.05) is 36.4 Å². The highest BCUT2D eigenvalue weighted by Crippen LogP contribution is 2.34. The fourth-order valence-electron chi connectivity index (χ4n) is 5.04. The molecule has 8 nitrogen and oxygen atoms in total. The Balaban J connectivity index is 1.15. The van der Waals surface area contributed by atoms with Crippen molar-refractivity contribution in [3.63, 3.8) is 0 Å². The highest BCUT2D eigenvalue weighted by atomic mass is 32.1. The number of carbonyl (C=O) groups is 2. The van der Waals surface area contributed by atoms with Gasteiger partial charge in [-0.25, -0.2) is 19.0 Å². The van der Waals surface area contributed by atoms with E-state index in [0.29, 0.717) is 43.8 Å². The molecule has 0 atom stereocenters. The first-order chi connectivity index (χ1) is 16.7. The molecule has 2 aromatic rings.